The van der Waals surface area contributed by atoms with Crippen molar-refractivity contribution in [3.05, 3.63) is 70.3 Å². The number of hydrogen-bond donors (Lipinski definition) is 1. The van der Waals surface area contributed by atoms with Crippen LogP contribution in [0.5, 0.6) is 5.75 Å². The topological polar surface area (TPSA) is 76.5 Å². The van der Waals surface area contributed by atoms with E-state index >= 15 is 0 Å². The molecule has 1 amide bonds. The fraction of sp³-hybridized carbons (Fsp3) is 0.375. The second kappa shape index (κ2) is 10.7. The van der Waals surface area contributed by atoms with Crippen LogP contribution in [0.25, 0.3) is 10.9 Å². The van der Waals surface area contributed by atoms with Crippen molar-refractivity contribution in [3.8, 4) is 5.75 Å². The van der Waals surface area contributed by atoms with Crippen molar-refractivity contribution >= 4 is 16.8 Å². The number of carbonyl (C=O) groups excluding carboxylic acids is 1. The summed E-state index contributed by atoms with van der Waals surface area (Å²) >= 11 is 0. The lowest BCUT2D eigenvalue weighted by Crippen LogP contribution is -2.32. The van der Waals surface area contributed by atoms with Crippen molar-refractivity contribution in [1.82, 2.24) is 19.8 Å². The van der Waals surface area contributed by atoms with E-state index < -0.39 is 0 Å². The van der Waals surface area contributed by atoms with E-state index in [2.05, 4.69) is 29.0 Å². The number of aromatic nitrogens is 2. The summed E-state index contributed by atoms with van der Waals surface area (Å²) in [5, 5.41) is 3.40. The van der Waals surface area contributed by atoms with Gasteiger partial charge < -0.3 is 15.0 Å². The number of amides is 1. The third-order valence-electron chi connectivity index (χ3n) is 5.38. The van der Waals surface area contributed by atoms with E-state index in [4.69, 9.17) is 4.74 Å². The number of nitrogens with one attached hydrogen (secondary N) is 1. The van der Waals surface area contributed by atoms with Gasteiger partial charge in [-0.25, -0.2) is 4.98 Å². The molecule has 0 unspecified atom stereocenters. The van der Waals surface area contributed by atoms with Crippen molar-refractivity contribution in [3.63, 3.8) is 0 Å². The van der Waals surface area contributed by atoms with E-state index in [1.165, 1.54) is 10.9 Å². The summed E-state index contributed by atoms with van der Waals surface area (Å²) in [5.41, 5.74) is 2.28. The molecule has 7 nitrogen and oxygen atoms in total. The monoisotopic (exact) mass is 422 g/mol. The van der Waals surface area contributed by atoms with Gasteiger partial charge in [0.15, 0.2) is 0 Å². The molecule has 0 spiro atoms. The average Bonchev–Trinajstić information content (AvgIpc) is 2.78. The van der Waals surface area contributed by atoms with E-state index in [0.29, 0.717) is 24.1 Å². The Labute approximate surface area is 182 Å². The molecule has 0 aliphatic rings. The van der Waals surface area contributed by atoms with Gasteiger partial charge in [-0.3, -0.25) is 14.2 Å². The van der Waals surface area contributed by atoms with Crippen LogP contribution in [0.3, 0.4) is 0 Å². The molecule has 0 radical (unpaired) electrons. The molecule has 3 rings (SSSR count). The van der Waals surface area contributed by atoms with Crippen LogP contribution < -0.4 is 15.6 Å². The van der Waals surface area contributed by atoms with Crippen LogP contribution in [0.2, 0.25) is 0 Å². The summed E-state index contributed by atoms with van der Waals surface area (Å²) in [6, 6.07) is 13.1. The third-order valence-corrected chi connectivity index (χ3v) is 5.38. The highest BCUT2D eigenvalue weighted by Crippen LogP contribution is 2.17. The summed E-state index contributed by atoms with van der Waals surface area (Å²) in [6.07, 6.45) is 1.43. The lowest BCUT2D eigenvalue weighted by Gasteiger charge is -2.19. The largest absolute Gasteiger partial charge is 0.492 e. The number of likely N-dealkylation sites (N-methyl/N-ethyl adjacent to an activating group) is 1. The molecule has 0 saturated heterocycles. The Morgan fingerprint density at radius 1 is 1.13 bits per heavy atom. The van der Waals surface area contributed by atoms with Gasteiger partial charge in [0, 0.05) is 18.7 Å². The summed E-state index contributed by atoms with van der Waals surface area (Å²) < 4.78 is 7.28. The number of rotatable bonds is 10. The summed E-state index contributed by atoms with van der Waals surface area (Å²) in [4.78, 5) is 31.8. The zero-order valence-corrected chi connectivity index (χ0v) is 18.4. The van der Waals surface area contributed by atoms with E-state index in [0.717, 1.165) is 36.5 Å². The maximum atomic E-state index is 12.7. The number of para-hydroxylation sites is 2. The quantitative estimate of drug-likeness (QED) is 0.544. The van der Waals surface area contributed by atoms with Gasteiger partial charge >= 0.3 is 0 Å². The Morgan fingerprint density at radius 2 is 1.90 bits per heavy atom. The van der Waals surface area contributed by atoms with Gasteiger partial charge in [0.2, 0.25) is 5.91 Å². The molecule has 0 fully saturated rings. The molecular weight excluding hydrogens is 392 g/mol. The molecule has 0 saturated carbocycles. The molecule has 0 aliphatic heterocycles. The van der Waals surface area contributed by atoms with Crippen molar-refractivity contribution in [2.75, 3.05) is 26.2 Å². The fourth-order valence-electron chi connectivity index (χ4n) is 3.47. The maximum absolute atomic E-state index is 12.7. The predicted molar refractivity (Wildman–Crippen MR) is 122 cm³/mol. The van der Waals surface area contributed by atoms with Crippen LogP contribution in [0.1, 0.15) is 25.0 Å². The first-order valence-corrected chi connectivity index (χ1v) is 10.7. The molecular formula is C24H30N4O3. The highest BCUT2D eigenvalue weighted by atomic mass is 16.5. The third kappa shape index (κ3) is 5.70. The SMILES string of the molecule is CCN(CC)CCOc1ccccc1CNC(=O)Cn1cnc2c(C)cccc2c1=O. The molecule has 2 aromatic carbocycles. The van der Waals surface area contributed by atoms with Crippen LogP contribution in [0, 0.1) is 6.92 Å². The average molecular weight is 423 g/mol. The number of nitrogens with zero attached hydrogens (tertiary/aromatic N) is 3. The molecule has 7 heteroatoms. The van der Waals surface area contributed by atoms with Crippen LogP contribution in [0.15, 0.2) is 53.6 Å². The molecule has 0 bridgehead atoms. The van der Waals surface area contributed by atoms with Crippen molar-refractivity contribution in [2.24, 2.45) is 0 Å². The first kappa shape index (κ1) is 22.5. The van der Waals surface area contributed by atoms with Gasteiger partial charge in [0.25, 0.3) is 5.56 Å². The fourth-order valence-corrected chi connectivity index (χ4v) is 3.47. The lowest BCUT2D eigenvalue weighted by atomic mass is 10.1. The smallest absolute Gasteiger partial charge is 0.261 e. The van der Waals surface area contributed by atoms with Crippen LogP contribution >= 0.6 is 0 Å². The Balaban J connectivity index is 1.61. The van der Waals surface area contributed by atoms with E-state index in [9.17, 15) is 9.59 Å². The summed E-state index contributed by atoms with van der Waals surface area (Å²) in [6.45, 7) is 9.83. The molecule has 31 heavy (non-hydrogen) atoms. The number of benzene rings is 2. The maximum Gasteiger partial charge on any atom is 0.261 e. The Kier molecular flexibility index (Phi) is 7.78. The van der Waals surface area contributed by atoms with Crippen LogP contribution in [-0.4, -0.2) is 46.6 Å². The number of hydrogen-bond acceptors (Lipinski definition) is 5. The van der Waals surface area contributed by atoms with Gasteiger partial charge in [0.1, 0.15) is 18.9 Å². The number of ether oxygens (including phenoxy) is 1. The first-order valence-electron chi connectivity index (χ1n) is 10.7. The molecule has 3 aromatic rings. The van der Waals surface area contributed by atoms with E-state index in [-0.39, 0.29) is 18.0 Å². The minimum atomic E-state index is -0.256. The van der Waals surface area contributed by atoms with Gasteiger partial charge in [-0.05, 0) is 37.7 Å². The highest BCUT2D eigenvalue weighted by molar-refractivity contribution is 5.81. The van der Waals surface area contributed by atoms with Crippen molar-refractivity contribution in [1.29, 1.82) is 0 Å². The first-order chi connectivity index (χ1) is 15.0. The molecule has 1 aromatic heterocycles. The molecule has 0 aliphatic carbocycles. The van der Waals surface area contributed by atoms with Gasteiger partial charge in [-0.15, -0.1) is 0 Å². The predicted octanol–water partition coefficient (Wildman–Crippen LogP) is 2.74. The molecule has 0 atom stereocenters. The lowest BCUT2D eigenvalue weighted by molar-refractivity contribution is -0.121. The van der Waals surface area contributed by atoms with Crippen LogP contribution in [0.4, 0.5) is 0 Å². The number of aryl methyl sites for hydroxylation is 1. The van der Waals surface area contributed by atoms with Gasteiger partial charge in [-0.1, -0.05) is 44.2 Å². The van der Waals surface area contributed by atoms with Crippen LogP contribution in [-0.2, 0) is 17.9 Å². The van der Waals surface area contributed by atoms with Crippen molar-refractivity contribution < 1.29 is 9.53 Å². The Morgan fingerprint density at radius 3 is 2.68 bits per heavy atom. The second-order valence-corrected chi connectivity index (χ2v) is 7.41. The minimum absolute atomic E-state index is 0.0826. The van der Waals surface area contributed by atoms with Gasteiger partial charge in [-0.2, -0.15) is 0 Å². The van der Waals surface area contributed by atoms with Gasteiger partial charge in [0.05, 0.1) is 17.2 Å². The Bertz CT molecular complexity index is 1090. The van der Waals surface area contributed by atoms with E-state index in [1.54, 1.807) is 6.07 Å². The number of fused-ring (bicyclic) bond motifs is 1. The zero-order valence-electron chi connectivity index (χ0n) is 18.4. The molecule has 1 N–H and O–H groups in total. The summed E-state index contributed by atoms with van der Waals surface area (Å²) in [7, 11) is 0. The molecule has 164 valence electrons. The second-order valence-electron chi connectivity index (χ2n) is 7.41. The number of carbonyl (C=O) groups is 1. The zero-order chi connectivity index (χ0) is 22.2. The molecule has 1 heterocycles. The van der Waals surface area contributed by atoms with E-state index in [1.807, 2.05) is 43.3 Å². The normalized spacial score (nSPS) is 11.1. The summed E-state index contributed by atoms with van der Waals surface area (Å²) in [5.74, 6) is 0.504. The standard InChI is InChI=1S/C24H30N4O3/c1-4-27(5-2)13-14-31-21-12-7-6-10-19(21)15-25-22(29)16-28-17-26-23-18(3)9-8-11-20(23)24(28)30/h6-12,17H,4-5,13-16H2,1-3H3,(H,25,29). The van der Waals surface area contributed by atoms with Crippen molar-refractivity contribution in [2.45, 2.75) is 33.9 Å². The highest BCUT2D eigenvalue weighted by Gasteiger charge is 2.11. The Hall–Kier alpha value is -3.19. The minimum Gasteiger partial charge on any atom is -0.492 e.